The van der Waals surface area contributed by atoms with E-state index in [0.717, 1.165) is 37.3 Å². The number of carbonyl (C=O) groups excluding carboxylic acids is 1. The summed E-state index contributed by atoms with van der Waals surface area (Å²) < 4.78 is 59.8. The summed E-state index contributed by atoms with van der Waals surface area (Å²) >= 11 is 5.44. The van der Waals surface area contributed by atoms with Crippen LogP contribution in [0, 0.1) is 28.0 Å². The molecule has 1 atom stereocenters. The lowest BCUT2D eigenvalue weighted by molar-refractivity contribution is -0.130. The molecule has 0 saturated carbocycles. The van der Waals surface area contributed by atoms with Gasteiger partial charge in [0.2, 0.25) is 5.91 Å². The number of imidazole rings is 1. The molecule has 1 fully saturated rings. The number of fused-ring (bicyclic) bond motifs is 1. The van der Waals surface area contributed by atoms with E-state index in [2.05, 4.69) is 0 Å². The van der Waals surface area contributed by atoms with Crippen molar-refractivity contribution >= 4 is 18.1 Å². The molecule has 0 radical (unpaired) electrons. The highest BCUT2D eigenvalue weighted by molar-refractivity contribution is 7.71. The largest absolute Gasteiger partial charge is 0.343 e. The van der Waals surface area contributed by atoms with Gasteiger partial charge in [0, 0.05) is 62.0 Å². The summed E-state index contributed by atoms with van der Waals surface area (Å²) in [5, 5.41) is 0. The molecule has 4 nitrogen and oxygen atoms in total. The fourth-order valence-corrected chi connectivity index (χ4v) is 4.80. The Kier molecular flexibility index (Phi) is 5.27. The Morgan fingerprint density at radius 3 is 2.38 bits per heavy atom. The van der Waals surface area contributed by atoms with Crippen molar-refractivity contribution in [2.24, 2.45) is 7.05 Å². The van der Waals surface area contributed by atoms with Crippen LogP contribution in [-0.2, 0) is 31.2 Å². The van der Waals surface area contributed by atoms with Gasteiger partial charge in [0.25, 0.3) is 0 Å². The second kappa shape index (κ2) is 7.59. The van der Waals surface area contributed by atoms with Crippen molar-refractivity contribution in [2.45, 2.75) is 44.6 Å². The molecule has 1 aromatic heterocycles. The number of halogens is 4. The number of nitrogens with zero attached hydrogens (tertiary/aromatic N) is 3. The third-order valence-electron chi connectivity index (χ3n) is 6.01. The van der Waals surface area contributed by atoms with Crippen molar-refractivity contribution in [1.82, 2.24) is 14.0 Å². The molecule has 29 heavy (non-hydrogen) atoms. The molecule has 0 bridgehead atoms. The predicted octanol–water partition coefficient (Wildman–Crippen LogP) is 4.01. The number of hydrogen-bond donors (Lipinski definition) is 0. The number of amides is 1. The Hall–Kier alpha value is -2.16. The summed E-state index contributed by atoms with van der Waals surface area (Å²) in [5.41, 5.74) is 1.00. The molecular formula is C20H21F4N3OS. The van der Waals surface area contributed by atoms with Crippen LogP contribution in [0.25, 0.3) is 0 Å². The minimum atomic E-state index is -1.41. The molecule has 2 aliphatic heterocycles. The first-order chi connectivity index (χ1) is 13.8. The number of carbonyl (C=O) groups is 1. The minimum Gasteiger partial charge on any atom is -0.343 e. The molecular weight excluding hydrogens is 406 g/mol. The van der Waals surface area contributed by atoms with Gasteiger partial charge in [-0.2, -0.15) is 0 Å². The lowest BCUT2D eigenvalue weighted by atomic mass is 9.94. The maximum atomic E-state index is 14.3. The molecule has 1 saturated heterocycles. The van der Waals surface area contributed by atoms with Crippen LogP contribution in [0.4, 0.5) is 17.6 Å². The van der Waals surface area contributed by atoms with Gasteiger partial charge >= 0.3 is 0 Å². The van der Waals surface area contributed by atoms with Crippen molar-refractivity contribution < 1.29 is 22.4 Å². The maximum Gasteiger partial charge on any atom is 0.222 e. The van der Waals surface area contributed by atoms with Gasteiger partial charge in [-0.1, -0.05) is 0 Å². The zero-order chi connectivity index (χ0) is 20.9. The average Bonchev–Trinajstić information content (AvgIpc) is 3.40. The molecule has 0 spiro atoms. The van der Waals surface area contributed by atoms with E-state index in [1.54, 1.807) is 16.2 Å². The van der Waals surface area contributed by atoms with Gasteiger partial charge in [-0.15, -0.1) is 0 Å². The average molecular weight is 427 g/mol. The molecule has 1 amide bonds. The fourth-order valence-electron chi connectivity index (χ4n) is 4.50. The number of hydrogen-bond acceptors (Lipinski definition) is 2. The molecule has 9 heteroatoms. The Morgan fingerprint density at radius 1 is 1.14 bits per heavy atom. The summed E-state index contributed by atoms with van der Waals surface area (Å²) in [6, 6.07) is 0.220. The quantitative estimate of drug-likeness (QED) is 0.419. The molecule has 0 N–H and O–H groups in total. The summed E-state index contributed by atoms with van der Waals surface area (Å²) in [5.74, 6) is -6.22. The molecule has 1 aromatic carbocycles. The van der Waals surface area contributed by atoms with Crippen LogP contribution in [0.3, 0.4) is 0 Å². The zero-order valence-corrected chi connectivity index (χ0v) is 16.8. The van der Waals surface area contributed by atoms with Crippen LogP contribution in [-0.4, -0.2) is 33.0 Å². The van der Waals surface area contributed by atoms with Crippen molar-refractivity contribution in [3.8, 4) is 0 Å². The standard InChI is InChI=1S/C20H21F4N3OS/c1-25-14(4-5-16(28)26-6-2-3-7-26)15-8-11(10-27(15)20(25)29)17-18(23)12(21)9-13(22)19(17)24/h9,11H,2-8,10H2,1H3/t11-/m0/s1. The topological polar surface area (TPSA) is 30.2 Å². The van der Waals surface area contributed by atoms with Crippen molar-refractivity contribution in [2.75, 3.05) is 13.1 Å². The van der Waals surface area contributed by atoms with E-state index >= 15 is 0 Å². The van der Waals surface area contributed by atoms with Crippen LogP contribution in [0.2, 0.25) is 0 Å². The highest BCUT2D eigenvalue weighted by Crippen LogP contribution is 2.37. The molecule has 3 heterocycles. The van der Waals surface area contributed by atoms with Gasteiger partial charge in [0.1, 0.15) is 0 Å². The summed E-state index contributed by atoms with van der Waals surface area (Å²) in [4.78, 5) is 14.2. The van der Waals surface area contributed by atoms with Gasteiger partial charge in [-0.3, -0.25) is 4.79 Å². The first kappa shape index (κ1) is 20.1. The Labute approximate surface area is 170 Å². The van der Waals surface area contributed by atoms with E-state index in [9.17, 15) is 22.4 Å². The van der Waals surface area contributed by atoms with Crippen molar-refractivity contribution in [1.29, 1.82) is 0 Å². The smallest absolute Gasteiger partial charge is 0.222 e. The highest BCUT2D eigenvalue weighted by Gasteiger charge is 2.34. The van der Waals surface area contributed by atoms with Crippen LogP contribution in [0.15, 0.2) is 6.07 Å². The lowest BCUT2D eigenvalue weighted by Gasteiger charge is -2.16. The molecule has 0 aliphatic carbocycles. The first-order valence-corrected chi connectivity index (χ1v) is 10.1. The van der Waals surface area contributed by atoms with Gasteiger partial charge in [0.05, 0.1) is 0 Å². The predicted molar refractivity (Wildman–Crippen MR) is 101 cm³/mol. The fraction of sp³-hybridized carbons (Fsp3) is 0.500. The van der Waals surface area contributed by atoms with Crippen molar-refractivity contribution in [3.63, 3.8) is 0 Å². The summed E-state index contributed by atoms with van der Waals surface area (Å²) in [7, 11) is 1.79. The second-order valence-corrected chi connectivity index (χ2v) is 8.08. The number of rotatable bonds is 4. The molecule has 2 aliphatic rings. The normalized spacial score (nSPS) is 18.5. The van der Waals surface area contributed by atoms with Crippen LogP contribution in [0.5, 0.6) is 0 Å². The number of likely N-dealkylation sites (tertiary alicyclic amines) is 1. The third kappa shape index (κ3) is 3.39. The maximum absolute atomic E-state index is 14.3. The van der Waals surface area contributed by atoms with E-state index in [4.69, 9.17) is 12.2 Å². The minimum absolute atomic E-state index is 0.0761. The van der Waals surface area contributed by atoms with Gasteiger partial charge in [-0.25, -0.2) is 17.6 Å². The second-order valence-electron chi connectivity index (χ2n) is 7.72. The first-order valence-electron chi connectivity index (χ1n) is 9.67. The SMILES string of the molecule is Cn1c(CCC(=O)N2CCCC2)c2n(c1=S)C[C@@H](c1c(F)c(F)cc(F)c1F)C2. The van der Waals surface area contributed by atoms with Gasteiger partial charge in [-0.05, 0) is 37.9 Å². The van der Waals surface area contributed by atoms with E-state index in [1.807, 2.05) is 4.90 Å². The molecule has 2 aromatic rings. The summed E-state index contributed by atoms with van der Waals surface area (Å²) in [6.45, 7) is 1.69. The number of aromatic nitrogens is 2. The Morgan fingerprint density at radius 2 is 1.76 bits per heavy atom. The van der Waals surface area contributed by atoms with E-state index < -0.39 is 34.8 Å². The van der Waals surface area contributed by atoms with Crippen LogP contribution >= 0.6 is 12.2 Å². The third-order valence-corrected chi connectivity index (χ3v) is 6.51. The van der Waals surface area contributed by atoms with Crippen molar-refractivity contribution in [3.05, 3.63) is 51.1 Å². The summed E-state index contributed by atoms with van der Waals surface area (Å²) in [6.07, 6.45) is 3.00. The lowest BCUT2D eigenvalue weighted by Crippen LogP contribution is -2.28. The molecule has 4 rings (SSSR count). The zero-order valence-electron chi connectivity index (χ0n) is 16.0. The van der Waals surface area contributed by atoms with Crippen LogP contribution < -0.4 is 0 Å². The van der Waals surface area contributed by atoms with E-state index in [-0.39, 0.29) is 24.9 Å². The Balaban J connectivity index is 1.60. The van der Waals surface area contributed by atoms with Gasteiger partial charge in [0.15, 0.2) is 28.0 Å². The number of benzene rings is 1. The van der Waals surface area contributed by atoms with E-state index in [0.29, 0.717) is 17.6 Å². The highest BCUT2D eigenvalue weighted by atomic mass is 32.1. The van der Waals surface area contributed by atoms with E-state index in [1.165, 1.54) is 0 Å². The van der Waals surface area contributed by atoms with Crippen LogP contribution in [0.1, 0.15) is 42.1 Å². The monoisotopic (exact) mass is 427 g/mol. The molecule has 156 valence electrons. The molecule has 0 unspecified atom stereocenters. The van der Waals surface area contributed by atoms with Gasteiger partial charge < -0.3 is 14.0 Å². The Bertz CT molecular complexity index is 1010.